The van der Waals surface area contributed by atoms with Crippen molar-refractivity contribution in [2.75, 3.05) is 6.54 Å². The summed E-state index contributed by atoms with van der Waals surface area (Å²) in [5, 5.41) is 3.47. The van der Waals surface area contributed by atoms with Gasteiger partial charge in [-0.3, -0.25) is 0 Å². The monoisotopic (exact) mass is 361 g/mol. The highest BCUT2D eigenvalue weighted by atomic mass is 79.9. The van der Waals surface area contributed by atoms with Gasteiger partial charge in [0, 0.05) is 22.4 Å². The Hall–Kier alpha value is -0.680. The maximum atomic E-state index is 13.9. The van der Waals surface area contributed by atoms with E-state index in [1.54, 1.807) is 0 Å². The topological polar surface area (TPSA) is 21.3 Å². The van der Waals surface area contributed by atoms with Crippen LogP contribution in [-0.2, 0) is 0 Å². The summed E-state index contributed by atoms with van der Waals surface area (Å²) in [5.41, 5.74) is -0.0127. The van der Waals surface area contributed by atoms with E-state index in [2.05, 4.69) is 42.0 Å². The average Bonchev–Trinajstić information content (AvgIpc) is 2.44. The van der Waals surface area contributed by atoms with Crippen molar-refractivity contribution < 1.29 is 13.5 Å². The van der Waals surface area contributed by atoms with E-state index < -0.39 is 11.6 Å². The van der Waals surface area contributed by atoms with E-state index in [1.165, 1.54) is 6.07 Å². The molecule has 0 saturated heterocycles. The van der Waals surface area contributed by atoms with E-state index in [4.69, 9.17) is 4.74 Å². The fourth-order valence-electron chi connectivity index (χ4n) is 3.42. The Morgan fingerprint density at radius 3 is 2.52 bits per heavy atom. The standard InChI is InChI=1S/C16H22BrF2NO/c1-4-16(5-2)13(20-6-3)9-14(16)21-12-8-10(17)7-11(18)15(12)19/h7-8,13-14,20H,4-6,9H2,1-3H3. The number of ether oxygens (including phenoxy) is 1. The van der Waals surface area contributed by atoms with Crippen LogP contribution >= 0.6 is 15.9 Å². The summed E-state index contributed by atoms with van der Waals surface area (Å²) in [7, 11) is 0. The molecule has 1 aliphatic carbocycles. The Morgan fingerprint density at radius 1 is 1.29 bits per heavy atom. The van der Waals surface area contributed by atoms with Crippen molar-refractivity contribution in [2.24, 2.45) is 5.41 Å². The molecule has 2 rings (SSSR count). The minimum Gasteiger partial charge on any atom is -0.486 e. The molecule has 1 fully saturated rings. The molecule has 1 aromatic rings. The smallest absolute Gasteiger partial charge is 0.200 e. The van der Waals surface area contributed by atoms with Gasteiger partial charge in [-0.15, -0.1) is 0 Å². The van der Waals surface area contributed by atoms with Crippen LogP contribution in [0.2, 0.25) is 0 Å². The molecule has 0 bridgehead atoms. The minimum atomic E-state index is -0.911. The van der Waals surface area contributed by atoms with Gasteiger partial charge in [0.05, 0.1) is 0 Å². The van der Waals surface area contributed by atoms with Crippen LogP contribution in [0.25, 0.3) is 0 Å². The molecule has 1 aromatic carbocycles. The van der Waals surface area contributed by atoms with Gasteiger partial charge in [0.2, 0.25) is 5.82 Å². The molecule has 2 atom stereocenters. The molecule has 2 unspecified atom stereocenters. The summed E-state index contributed by atoms with van der Waals surface area (Å²) >= 11 is 3.18. The summed E-state index contributed by atoms with van der Waals surface area (Å²) < 4.78 is 33.7. The molecule has 1 saturated carbocycles. The molecular weight excluding hydrogens is 340 g/mol. The first-order valence-electron chi connectivity index (χ1n) is 7.53. The van der Waals surface area contributed by atoms with Gasteiger partial charge in [-0.05, 0) is 31.5 Å². The van der Waals surface area contributed by atoms with Crippen LogP contribution in [0.5, 0.6) is 5.75 Å². The van der Waals surface area contributed by atoms with Crippen molar-refractivity contribution in [2.45, 2.75) is 52.2 Å². The molecule has 0 radical (unpaired) electrons. The summed E-state index contributed by atoms with van der Waals surface area (Å²) in [6, 6.07) is 2.98. The fraction of sp³-hybridized carbons (Fsp3) is 0.625. The van der Waals surface area contributed by atoms with E-state index in [9.17, 15) is 8.78 Å². The quantitative estimate of drug-likeness (QED) is 0.743. The zero-order valence-electron chi connectivity index (χ0n) is 12.7. The Labute approximate surface area is 133 Å². The first-order valence-corrected chi connectivity index (χ1v) is 8.32. The summed E-state index contributed by atoms with van der Waals surface area (Å²) in [6.45, 7) is 7.23. The third-order valence-corrected chi connectivity index (χ3v) is 5.24. The fourth-order valence-corrected chi connectivity index (χ4v) is 3.82. The van der Waals surface area contributed by atoms with Gasteiger partial charge >= 0.3 is 0 Å². The Morgan fingerprint density at radius 2 is 1.95 bits per heavy atom. The van der Waals surface area contributed by atoms with Crippen LogP contribution in [0.15, 0.2) is 16.6 Å². The highest BCUT2D eigenvalue weighted by Gasteiger charge is 2.54. The Balaban J connectivity index is 2.20. The summed E-state index contributed by atoms with van der Waals surface area (Å²) in [4.78, 5) is 0. The molecular formula is C16H22BrF2NO. The first-order chi connectivity index (χ1) is 9.98. The zero-order chi connectivity index (χ0) is 15.6. The molecule has 1 aliphatic rings. The number of hydrogen-bond acceptors (Lipinski definition) is 2. The van der Waals surface area contributed by atoms with Crippen molar-refractivity contribution in [1.82, 2.24) is 5.32 Å². The molecule has 0 aliphatic heterocycles. The van der Waals surface area contributed by atoms with Gasteiger partial charge in [0.1, 0.15) is 6.10 Å². The van der Waals surface area contributed by atoms with Gasteiger partial charge < -0.3 is 10.1 Å². The molecule has 0 aromatic heterocycles. The van der Waals surface area contributed by atoms with E-state index in [1.807, 2.05) is 0 Å². The van der Waals surface area contributed by atoms with Crippen molar-refractivity contribution in [3.8, 4) is 5.75 Å². The average molecular weight is 362 g/mol. The molecule has 0 amide bonds. The van der Waals surface area contributed by atoms with E-state index >= 15 is 0 Å². The number of benzene rings is 1. The number of nitrogens with one attached hydrogen (secondary N) is 1. The highest BCUT2D eigenvalue weighted by Crippen LogP contribution is 2.49. The molecule has 2 nitrogen and oxygen atoms in total. The van der Waals surface area contributed by atoms with Crippen molar-refractivity contribution >= 4 is 15.9 Å². The SMILES string of the molecule is CCNC1CC(Oc2cc(Br)cc(F)c2F)C1(CC)CC. The van der Waals surface area contributed by atoms with Gasteiger partial charge in [0.15, 0.2) is 11.6 Å². The largest absolute Gasteiger partial charge is 0.486 e. The lowest BCUT2D eigenvalue weighted by molar-refractivity contribution is -0.0870. The van der Waals surface area contributed by atoms with E-state index in [0.717, 1.165) is 31.9 Å². The van der Waals surface area contributed by atoms with Gasteiger partial charge in [-0.25, -0.2) is 4.39 Å². The van der Waals surface area contributed by atoms with Gasteiger partial charge in [-0.1, -0.05) is 36.7 Å². The lowest BCUT2D eigenvalue weighted by Crippen LogP contribution is -2.64. The summed E-state index contributed by atoms with van der Waals surface area (Å²) in [5.74, 6) is -1.81. The molecule has 21 heavy (non-hydrogen) atoms. The van der Waals surface area contributed by atoms with Crippen LogP contribution in [0.1, 0.15) is 40.0 Å². The Bertz CT molecular complexity index is 505. The predicted octanol–water partition coefficient (Wildman–Crippen LogP) is 4.66. The molecule has 0 heterocycles. The van der Waals surface area contributed by atoms with Crippen LogP contribution in [0.3, 0.4) is 0 Å². The van der Waals surface area contributed by atoms with E-state index in [0.29, 0.717) is 10.5 Å². The van der Waals surface area contributed by atoms with Crippen LogP contribution in [0, 0.1) is 17.0 Å². The van der Waals surface area contributed by atoms with E-state index in [-0.39, 0.29) is 17.3 Å². The normalized spacial score (nSPS) is 23.7. The predicted molar refractivity (Wildman–Crippen MR) is 83.6 cm³/mol. The van der Waals surface area contributed by atoms with Crippen molar-refractivity contribution in [3.63, 3.8) is 0 Å². The number of hydrogen-bond donors (Lipinski definition) is 1. The molecule has 1 N–H and O–H groups in total. The molecule has 118 valence electrons. The van der Waals surface area contributed by atoms with Crippen LogP contribution in [-0.4, -0.2) is 18.7 Å². The van der Waals surface area contributed by atoms with Gasteiger partial charge in [-0.2, -0.15) is 4.39 Å². The third-order valence-electron chi connectivity index (χ3n) is 4.78. The second-order valence-corrected chi connectivity index (χ2v) is 6.51. The maximum Gasteiger partial charge on any atom is 0.200 e. The minimum absolute atomic E-state index is 0.00639. The zero-order valence-corrected chi connectivity index (χ0v) is 14.3. The first kappa shape index (κ1) is 16.7. The van der Waals surface area contributed by atoms with Crippen molar-refractivity contribution in [3.05, 3.63) is 28.2 Å². The maximum absolute atomic E-state index is 13.9. The molecule has 5 heteroatoms. The van der Waals surface area contributed by atoms with Crippen LogP contribution in [0.4, 0.5) is 8.78 Å². The second kappa shape index (κ2) is 6.61. The lowest BCUT2D eigenvalue weighted by atomic mass is 9.58. The van der Waals surface area contributed by atoms with Gasteiger partial charge in [0.25, 0.3) is 0 Å². The molecule has 0 spiro atoms. The number of halogens is 3. The third kappa shape index (κ3) is 2.95. The number of rotatable bonds is 6. The lowest BCUT2D eigenvalue weighted by Gasteiger charge is -2.55. The van der Waals surface area contributed by atoms with Crippen molar-refractivity contribution in [1.29, 1.82) is 0 Å². The van der Waals surface area contributed by atoms with Crippen LogP contribution < -0.4 is 10.1 Å². The summed E-state index contributed by atoms with van der Waals surface area (Å²) in [6.07, 6.45) is 2.64. The highest BCUT2D eigenvalue weighted by molar-refractivity contribution is 9.10. The second-order valence-electron chi connectivity index (χ2n) is 5.59. The Kier molecular flexibility index (Phi) is 5.25.